The number of nitrogens with zero attached hydrogens (tertiary/aromatic N) is 5. The van der Waals surface area contributed by atoms with E-state index < -0.39 is 0 Å². The molecule has 2 aromatic carbocycles. The molecule has 2 aliphatic rings. The minimum atomic E-state index is 0.0525. The summed E-state index contributed by atoms with van der Waals surface area (Å²) in [6.45, 7) is 6.51. The lowest BCUT2D eigenvalue weighted by molar-refractivity contribution is -0.143. The molecule has 1 atom stereocenters. The van der Waals surface area contributed by atoms with E-state index in [1.807, 2.05) is 28.6 Å². The lowest BCUT2D eigenvalue weighted by atomic mass is 9.71. The Kier molecular flexibility index (Phi) is 5.10. The van der Waals surface area contributed by atoms with Gasteiger partial charge in [0.05, 0.1) is 6.42 Å². The number of likely N-dealkylation sites (tertiary alicyclic amines) is 2. The lowest BCUT2D eigenvalue weighted by Crippen LogP contribution is -2.62. The summed E-state index contributed by atoms with van der Waals surface area (Å²) < 4.78 is 2.04. The van der Waals surface area contributed by atoms with Crippen molar-refractivity contribution in [2.45, 2.75) is 25.8 Å². The van der Waals surface area contributed by atoms with Gasteiger partial charge in [0.15, 0.2) is 0 Å². The average molecular weight is 416 g/mol. The van der Waals surface area contributed by atoms with Gasteiger partial charge in [-0.15, -0.1) is 10.2 Å². The van der Waals surface area contributed by atoms with Crippen LogP contribution in [0.25, 0.3) is 0 Å². The lowest BCUT2D eigenvalue weighted by Gasteiger charge is -2.51. The quantitative estimate of drug-likeness (QED) is 0.643. The number of hydrogen-bond acceptors (Lipinski definition) is 4. The van der Waals surface area contributed by atoms with Crippen LogP contribution in [-0.2, 0) is 24.8 Å². The first kappa shape index (κ1) is 19.9. The standard InChI is InChI=1S/C25H29N5O/c1-19-8-6-7-11-21(19)12-23(31)30-16-25(17-30)15-29(13-20-9-4-3-5-10-20)14-22(25)24-27-26-18-28(24)2/h3-11,18,22H,12-17H2,1-2H3. The first-order valence-electron chi connectivity index (χ1n) is 11.0. The van der Waals surface area contributed by atoms with E-state index in [1.54, 1.807) is 6.33 Å². The van der Waals surface area contributed by atoms with Crippen LogP contribution >= 0.6 is 0 Å². The highest BCUT2D eigenvalue weighted by atomic mass is 16.2. The number of rotatable bonds is 5. The second kappa shape index (κ2) is 7.93. The van der Waals surface area contributed by atoms with E-state index in [0.717, 1.165) is 44.1 Å². The second-order valence-electron chi connectivity index (χ2n) is 9.22. The van der Waals surface area contributed by atoms with E-state index in [1.165, 1.54) is 11.1 Å². The van der Waals surface area contributed by atoms with Crippen molar-refractivity contribution in [1.29, 1.82) is 0 Å². The Morgan fingerprint density at radius 2 is 1.81 bits per heavy atom. The molecule has 6 heteroatoms. The SMILES string of the molecule is Cc1ccccc1CC(=O)N1CC2(CN(Cc3ccccc3)CC2c2nncn2C)C1. The minimum Gasteiger partial charge on any atom is -0.341 e. The van der Waals surface area contributed by atoms with Crippen LogP contribution in [0.2, 0.25) is 0 Å². The molecule has 5 rings (SSSR count). The molecule has 160 valence electrons. The van der Waals surface area contributed by atoms with Gasteiger partial charge in [0.25, 0.3) is 0 Å². The fraction of sp³-hybridized carbons (Fsp3) is 0.400. The molecule has 1 spiro atoms. The third-order valence-electron chi connectivity index (χ3n) is 6.99. The smallest absolute Gasteiger partial charge is 0.227 e. The molecular weight excluding hydrogens is 386 g/mol. The first-order valence-corrected chi connectivity index (χ1v) is 11.0. The molecule has 2 fully saturated rings. The van der Waals surface area contributed by atoms with E-state index in [4.69, 9.17) is 0 Å². The van der Waals surface area contributed by atoms with Crippen LogP contribution in [0, 0.1) is 12.3 Å². The van der Waals surface area contributed by atoms with E-state index in [2.05, 4.69) is 64.5 Å². The Hall–Kier alpha value is -2.99. The van der Waals surface area contributed by atoms with E-state index >= 15 is 0 Å². The predicted octanol–water partition coefficient (Wildman–Crippen LogP) is 2.79. The molecule has 1 unspecified atom stereocenters. The van der Waals surface area contributed by atoms with Gasteiger partial charge >= 0.3 is 0 Å². The van der Waals surface area contributed by atoms with Crippen LogP contribution in [0.3, 0.4) is 0 Å². The Bertz CT molecular complexity index is 1070. The summed E-state index contributed by atoms with van der Waals surface area (Å²) in [6, 6.07) is 18.8. The highest BCUT2D eigenvalue weighted by molar-refractivity contribution is 5.80. The van der Waals surface area contributed by atoms with Crippen molar-refractivity contribution >= 4 is 5.91 Å². The maximum atomic E-state index is 13.0. The fourth-order valence-corrected chi connectivity index (χ4v) is 5.29. The largest absolute Gasteiger partial charge is 0.341 e. The molecule has 3 heterocycles. The van der Waals surface area contributed by atoms with Gasteiger partial charge in [-0.3, -0.25) is 9.69 Å². The Morgan fingerprint density at radius 1 is 1.06 bits per heavy atom. The molecule has 31 heavy (non-hydrogen) atoms. The number of benzene rings is 2. The maximum absolute atomic E-state index is 13.0. The van der Waals surface area contributed by atoms with Gasteiger partial charge in [-0.05, 0) is 23.6 Å². The molecule has 0 saturated carbocycles. The van der Waals surface area contributed by atoms with Gasteiger partial charge in [0.2, 0.25) is 5.91 Å². The number of hydrogen-bond donors (Lipinski definition) is 0. The molecule has 3 aromatic rings. The van der Waals surface area contributed by atoms with Crippen LogP contribution in [0.1, 0.15) is 28.4 Å². The molecular formula is C25H29N5O. The number of aryl methyl sites for hydroxylation is 2. The molecule has 0 radical (unpaired) electrons. The van der Waals surface area contributed by atoms with Gasteiger partial charge < -0.3 is 9.47 Å². The Morgan fingerprint density at radius 3 is 2.52 bits per heavy atom. The van der Waals surface area contributed by atoms with E-state index in [0.29, 0.717) is 6.42 Å². The first-order chi connectivity index (χ1) is 15.0. The zero-order valence-electron chi connectivity index (χ0n) is 18.2. The maximum Gasteiger partial charge on any atom is 0.227 e. The van der Waals surface area contributed by atoms with Gasteiger partial charge in [0.1, 0.15) is 12.2 Å². The molecule has 1 aromatic heterocycles. The van der Waals surface area contributed by atoms with Crippen molar-refractivity contribution in [3.8, 4) is 0 Å². The molecule has 0 aliphatic carbocycles. The third-order valence-corrected chi connectivity index (χ3v) is 6.99. The highest BCUT2D eigenvalue weighted by Crippen LogP contribution is 2.49. The summed E-state index contributed by atoms with van der Waals surface area (Å²) in [6.07, 6.45) is 2.26. The summed E-state index contributed by atoms with van der Waals surface area (Å²) in [5, 5.41) is 8.58. The molecule has 2 aliphatic heterocycles. The number of amides is 1. The zero-order chi connectivity index (χ0) is 21.4. The van der Waals surface area contributed by atoms with Gasteiger partial charge in [-0.25, -0.2) is 0 Å². The molecule has 0 N–H and O–H groups in total. The van der Waals surface area contributed by atoms with Crippen molar-refractivity contribution in [2.75, 3.05) is 26.2 Å². The number of aromatic nitrogens is 3. The summed E-state index contributed by atoms with van der Waals surface area (Å²) in [7, 11) is 2.02. The van der Waals surface area contributed by atoms with Crippen molar-refractivity contribution < 1.29 is 4.79 Å². The van der Waals surface area contributed by atoms with Crippen LogP contribution in [0.15, 0.2) is 60.9 Å². The van der Waals surface area contributed by atoms with Gasteiger partial charge in [0, 0.05) is 51.1 Å². The van der Waals surface area contributed by atoms with Crippen molar-refractivity contribution in [3.63, 3.8) is 0 Å². The highest BCUT2D eigenvalue weighted by Gasteiger charge is 2.56. The van der Waals surface area contributed by atoms with Gasteiger partial charge in [-0.1, -0.05) is 54.6 Å². The summed E-state index contributed by atoms with van der Waals surface area (Å²) in [5.74, 6) is 1.53. The van der Waals surface area contributed by atoms with E-state index in [-0.39, 0.29) is 17.2 Å². The van der Waals surface area contributed by atoms with Crippen molar-refractivity contribution in [3.05, 3.63) is 83.4 Å². The second-order valence-corrected chi connectivity index (χ2v) is 9.22. The molecule has 2 saturated heterocycles. The van der Waals surface area contributed by atoms with Crippen LogP contribution in [-0.4, -0.2) is 56.7 Å². The third kappa shape index (κ3) is 3.76. The number of carbonyl (C=O) groups is 1. The summed E-state index contributed by atoms with van der Waals surface area (Å²) in [5.41, 5.74) is 3.67. The van der Waals surface area contributed by atoms with Crippen molar-refractivity contribution in [1.82, 2.24) is 24.6 Å². The molecule has 6 nitrogen and oxygen atoms in total. The molecule has 1 amide bonds. The Balaban J connectivity index is 1.32. The normalized spacial score (nSPS) is 20.2. The predicted molar refractivity (Wildman–Crippen MR) is 119 cm³/mol. The Labute approximate surface area is 183 Å². The average Bonchev–Trinajstić information content (AvgIpc) is 3.32. The van der Waals surface area contributed by atoms with Crippen LogP contribution in [0.4, 0.5) is 0 Å². The monoisotopic (exact) mass is 415 g/mol. The summed E-state index contributed by atoms with van der Waals surface area (Å²) in [4.78, 5) is 17.5. The minimum absolute atomic E-state index is 0.0525. The zero-order valence-corrected chi connectivity index (χ0v) is 18.2. The van der Waals surface area contributed by atoms with Gasteiger partial charge in [-0.2, -0.15) is 0 Å². The van der Waals surface area contributed by atoms with Crippen molar-refractivity contribution in [2.24, 2.45) is 12.5 Å². The number of carbonyl (C=O) groups excluding carboxylic acids is 1. The fourth-order valence-electron chi connectivity index (χ4n) is 5.29. The topological polar surface area (TPSA) is 54.3 Å². The molecule has 0 bridgehead atoms. The van der Waals surface area contributed by atoms with Crippen LogP contribution < -0.4 is 0 Å². The van der Waals surface area contributed by atoms with E-state index in [9.17, 15) is 4.79 Å². The summed E-state index contributed by atoms with van der Waals surface area (Å²) >= 11 is 0. The van der Waals surface area contributed by atoms with Crippen LogP contribution in [0.5, 0.6) is 0 Å².